The third kappa shape index (κ3) is 3.24. The maximum Gasteiger partial charge on any atom is 0.330 e. The Bertz CT molecular complexity index is 1010. The van der Waals surface area contributed by atoms with Gasteiger partial charge in [0.1, 0.15) is 6.10 Å². The van der Waals surface area contributed by atoms with Gasteiger partial charge in [0.25, 0.3) is 5.56 Å². The molecule has 2 heterocycles. The topological polar surface area (TPSA) is 73.3 Å². The summed E-state index contributed by atoms with van der Waals surface area (Å²) in [5, 5.41) is 0. The monoisotopic (exact) mass is 350 g/mol. The molecule has 0 unspecified atom stereocenters. The van der Waals surface area contributed by atoms with Crippen molar-refractivity contribution in [3.05, 3.63) is 104 Å². The van der Waals surface area contributed by atoms with E-state index in [1.54, 1.807) is 0 Å². The zero-order valence-electron chi connectivity index (χ0n) is 14.0. The Morgan fingerprint density at radius 1 is 0.962 bits per heavy atom. The average Bonchev–Trinajstić information content (AvgIpc) is 3.01. The molecule has 0 fully saturated rings. The molecular formula is C20H18N2O4. The highest BCUT2D eigenvalue weighted by atomic mass is 16.5. The second-order valence-electron chi connectivity index (χ2n) is 6.12. The van der Waals surface area contributed by atoms with Gasteiger partial charge in [-0.15, -0.1) is 0 Å². The number of nitrogens with one attached hydrogen (secondary N) is 1. The molecule has 1 aliphatic rings. The summed E-state index contributed by atoms with van der Waals surface area (Å²) in [5.41, 5.74) is 2.05. The molecule has 2 atom stereocenters. The zero-order valence-corrected chi connectivity index (χ0v) is 14.0. The van der Waals surface area contributed by atoms with Crippen LogP contribution in [0.4, 0.5) is 0 Å². The Hall–Kier alpha value is -2.96. The molecule has 3 aromatic rings. The lowest BCUT2D eigenvalue weighted by atomic mass is 10.0. The van der Waals surface area contributed by atoms with Gasteiger partial charge in [-0.05, 0) is 11.1 Å². The Labute approximate surface area is 149 Å². The Kier molecular flexibility index (Phi) is 4.51. The standard InChI is InChI=1S/C20H18N2O4/c23-18-10-11-22(20(24)21-18)19-16-9-5-4-8-15(16)17(26-19)13-25-12-14-6-2-1-3-7-14/h1-11,17,19H,12-13H2,(H,21,23,24)/t17-,19-/m1/s1. The minimum atomic E-state index is -0.583. The quantitative estimate of drug-likeness (QED) is 0.767. The van der Waals surface area contributed by atoms with Gasteiger partial charge in [0, 0.05) is 17.8 Å². The number of benzene rings is 2. The molecule has 2 aromatic carbocycles. The van der Waals surface area contributed by atoms with E-state index in [4.69, 9.17) is 9.47 Å². The highest BCUT2D eigenvalue weighted by Crippen LogP contribution is 2.39. The predicted octanol–water partition coefficient (Wildman–Crippen LogP) is 2.37. The van der Waals surface area contributed by atoms with Crippen molar-refractivity contribution in [1.29, 1.82) is 0 Å². The van der Waals surface area contributed by atoms with Crippen molar-refractivity contribution >= 4 is 0 Å². The van der Waals surface area contributed by atoms with E-state index in [1.807, 2.05) is 54.6 Å². The summed E-state index contributed by atoms with van der Waals surface area (Å²) in [6.45, 7) is 0.868. The summed E-state index contributed by atoms with van der Waals surface area (Å²) in [5.74, 6) is 0. The highest BCUT2D eigenvalue weighted by molar-refractivity contribution is 5.34. The second kappa shape index (κ2) is 7.11. The van der Waals surface area contributed by atoms with Crippen LogP contribution in [-0.4, -0.2) is 16.2 Å². The van der Waals surface area contributed by atoms with Gasteiger partial charge in [0.05, 0.1) is 13.2 Å². The second-order valence-corrected chi connectivity index (χ2v) is 6.12. The van der Waals surface area contributed by atoms with Crippen LogP contribution in [0.25, 0.3) is 0 Å². The van der Waals surface area contributed by atoms with E-state index >= 15 is 0 Å². The number of aromatic amines is 1. The molecule has 1 N–H and O–H groups in total. The molecule has 0 aliphatic carbocycles. The molecular weight excluding hydrogens is 332 g/mol. The average molecular weight is 350 g/mol. The first-order chi connectivity index (χ1) is 12.7. The van der Waals surface area contributed by atoms with E-state index in [1.165, 1.54) is 16.8 Å². The lowest BCUT2D eigenvalue weighted by Crippen LogP contribution is -2.32. The molecule has 132 valence electrons. The number of fused-ring (bicyclic) bond motifs is 1. The van der Waals surface area contributed by atoms with Crippen LogP contribution in [0, 0.1) is 0 Å². The summed E-state index contributed by atoms with van der Waals surface area (Å²) in [6, 6.07) is 19.0. The molecule has 0 amide bonds. The molecule has 0 saturated carbocycles. The fraction of sp³-hybridized carbons (Fsp3) is 0.200. The Balaban J connectivity index is 1.54. The fourth-order valence-electron chi connectivity index (χ4n) is 3.15. The van der Waals surface area contributed by atoms with Crippen LogP contribution in [0.3, 0.4) is 0 Å². The predicted molar refractivity (Wildman–Crippen MR) is 95.8 cm³/mol. The maximum absolute atomic E-state index is 12.1. The molecule has 1 aromatic heterocycles. The van der Waals surface area contributed by atoms with Crippen molar-refractivity contribution in [2.75, 3.05) is 6.61 Å². The van der Waals surface area contributed by atoms with E-state index in [0.717, 1.165) is 16.7 Å². The van der Waals surface area contributed by atoms with Crippen LogP contribution >= 0.6 is 0 Å². The van der Waals surface area contributed by atoms with Gasteiger partial charge < -0.3 is 9.47 Å². The summed E-state index contributed by atoms with van der Waals surface area (Å²) in [7, 11) is 0. The van der Waals surface area contributed by atoms with Crippen LogP contribution in [0.2, 0.25) is 0 Å². The van der Waals surface area contributed by atoms with E-state index in [2.05, 4.69) is 4.98 Å². The van der Waals surface area contributed by atoms with E-state index < -0.39 is 17.5 Å². The lowest BCUT2D eigenvalue weighted by Gasteiger charge is -2.16. The van der Waals surface area contributed by atoms with Crippen molar-refractivity contribution in [2.24, 2.45) is 0 Å². The van der Waals surface area contributed by atoms with Gasteiger partial charge in [0.15, 0.2) is 6.23 Å². The first-order valence-corrected chi connectivity index (χ1v) is 8.40. The maximum atomic E-state index is 12.1. The zero-order chi connectivity index (χ0) is 17.9. The van der Waals surface area contributed by atoms with Crippen molar-refractivity contribution in [3.8, 4) is 0 Å². The van der Waals surface area contributed by atoms with Gasteiger partial charge in [0.2, 0.25) is 0 Å². The molecule has 0 radical (unpaired) electrons. The molecule has 1 aliphatic heterocycles. The third-order valence-electron chi connectivity index (χ3n) is 4.39. The van der Waals surface area contributed by atoms with Crippen molar-refractivity contribution < 1.29 is 9.47 Å². The third-order valence-corrected chi connectivity index (χ3v) is 4.39. The number of nitrogens with zero attached hydrogens (tertiary/aromatic N) is 1. The number of hydrogen-bond donors (Lipinski definition) is 1. The Morgan fingerprint density at radius 2 is 1.69 bits per heavy atom. The minimum absolute atomic E-state index is 0.279. The molecule has 4 rings (SSSR count). The first kappa shape index (κ1) is 16.5. The van der Waals surface area contributed by atoms with E-state index in [9.17, 15) is 9.59 Å². The number of H-pyrrole nitrogens is 1. The van der Waals surface area contributed by atoms with Crippen LogP contribution in [0.5, 0.6) is 0 Å². The number of aromatic nitrogens is 2. The number of rotatable bonds is 5. The van der Waals surface area contributed by atoms with E-state index in [0.29, 0.717) is 13.2 Å². The Morgan fingerprint density at radius 3 is 2.46 bits per heavy atom. The van der Waals surface area contributed by atoms with Crippen LogP contribution < -0.4 is 11.2 Å². The SMILES string of the molecule is O=c1ccn([C@@H]2O[C@H](COCc3ccccc3)c3ccccc32)c(=O)[nH]1. The summed E-state index contributed by atoms with van der Waals surface area (Å²) < 4.78 is 13.3. The van der Waals surface area contributed by atoms with Gasteiger partial charge in [-0.2, -0.15) is 0 Å². The van der Waals surface area contributed by atoms with Gasteiger partial charge in [-0.25, -0.2) is 4.79 Å². The van der Waals surface area contributed by atoms with Gasteiger partial charge >= 0.3 is 5.69 Å². The van der Waals surface area contributed by atoms with Crippen LogP contribution in [-0.2, 0) is 16.1 Å². The molecule has 26 heavy (non-hydrogen) atoms. The number of ether oxygens (including phenoxy) is 2. The largest absolute Gasteiger partial charge is 0.374 e. The van der Waals surface area contributed by atoms with E-state index in [-0.39, 0.29) is 6.10 Å². The van der Waals surface area contributed by atoms with Gasteiger partial charge in [-0.1, -0.05) is 54.6 Å². The van der Waals surface area contributed by atoms with Crippen molar-refractivity contribution in [3.63, 3.8) is 0 Å². The number of hydrogen-bond acceptors (Lipinski definition) is 4. The molecule has 0 saturated heterocycles. The van der Waals surface area contributed by atoms with Crippen LogP contribution in [0.15, 0.2) is 76.4 Å². The molecule has 0 spiro atoms. The smallest absolute Gasteiger partial charge is 0.330 e. The van der Waals surface area contributed by atoms with Crippen LogP contribution in [0.1, 0.15) is 29.0 Å². The van der Waals surface area contributed by atoms with Crippen molar-refractivity contribution in [2.45, 2.75) is 18.9 Å². The minimum Gasteiger partial charge on any atom is -0.374 e. The summed E-state index contributed by atoms with van der Waals surface area (Å²) >= 11 is 0. The summed E-state index contributed by atoms with van der Waals surface area (Å²) in [4.78, 5) is 25.7. The molecule has 6 heteroatoms. The molecule has 6 nitrogen and oxygen atoms in total. The summed E-state index contributed by atoms with van der Waals surface area (Å²) in [6.07, 6.45) is 0.593. The van der Waals surface area contributed by atoms with Crippen molar-refractivity contribution in [1.82, 2.24) is 9.55 Å². The normalized spacial score (nSPS) is 18.6. The molecule has 0 bridgehead atoms. The fourth-order valence-corrected chi connectivity index (χ4v) is 3.15. The van der Waals surface area contributed by atoms with Gasteiger partial charge in [-0.3, -0.25) is 14.3 Å². The first-order valence-electron chi connectivity index (χ1n) is 8.40. The highest BCUT2D eigenvalue weighted by Gasteiger charge is 2.33. The lowest BCUT2D eigenvalue weighted by molar-refractivity contribution is -0.0561.